The van der Waals surface area contributed by atoms with Gasteiger partial charge in [0.2, 0.25) is 0 Å². The van der Waals surface area contributed by atoms with E-state index in [1.807, 2.05) is 36.4 Å². The van der Waals surface area contributed by atoms with Crippen LogP contribution in [0, 0.1) is 0 Å². The number of carbonyl (C=O) groups excluding carboxylic acids is 2. The standard InChI is InChI=1S/C27H14Br2O2/c28-17-3-7-21-19-5-1-15(13-30)9-23(19)27(25(21)11-17)24-10-16(14-31)2-6-20(24)22-8-4-18(29)12-26(22)27/h1-14H. The molecule has 0 amide bonds. The molecule has 0 aromatic heterocycles. The van der Waals surface area contributed by atoms with Crippen LogP contribution in [-0.4, -0.2) is 12.6 Å². The lowest BCUT2D eigenvalue weighted by molar-refractivity contribution is 0.111. The van der Waals surface area contributed by atoms with Crippen molar-refractivity contribution in [2.75, 3.05) is 0 Å². The normalized spacial score (nSPS) is 14.0. The third-order valence-electron chi connectivity index (χ3n) is 6.52. The summed E-state index contributed by atoms with van der Waals surface area (Å²) in [4.78, 5) is 23.4. The Hall–Kier alpha value is -2.82. The molecule has 2 aliphatic carbocycles. The molecule has 1 spiro atoms. The fraction of sp³-hybridized carbons (Fsp3) is 0.0370. The average molecular weight is 530 g/mol. The van der Waals surface area contributed by atoms with Gasteiger partial charge < -0.3 is 0 Å². The Morgan fingerprint density at radius 3 is 1.26 bits per heavy atom. The number of rotatable bonds is 2. The molecule has 2 aliphatic rings. The van der Waals surface area contributed by atoms with E-state index in [4.69, 9.17) is 0 Å². The van der Waals surface area contributed by atoms with E-state index in [1.165, 1.54) is 0 Å². The van der Waals surface area contributed by atoms with Crippen LogP contribution in [0.15, 0.2) is 81.7 Å². The monoisotopic (exact) mass is 528 g/mol. The largest absolute Gasteiger partial charge is 0.298 e. The zero-order chi connectivity index (χ0) is 21.3. The van der Waals surface area contributed by atoms with Crippen LogP contribution in [0.25, 0.3) is 22.3 Å². The summed E-state index contributed by atoms with van der Waals surface area (Å²) in [6.07, 6.45) is 1.79. The second kappa shape index (κ2) is 6.59. The summed E-state index contributed by atoms with van der Waals surface area (Å²) in [5.74, 6) is 0. The SMILES string of the molecule is O=Cc1ccc2c(c1)C1(c3cc(Br)ccc3-2)c2cc(Br)ccc2-c2ccc(C=O)cc21. The lowest BCUT2D eigenvalue weighted by atomic mass is 9.70. The highest BCUT2D eigenvalue weighted by molar-refractivity contribution is 9.10. The number of aldehydes is 2. The van der Waals surface area contributed by atoms with Crippen LogP contribution >= 0.6 is 31.9 Å². The Labute approximate surface area is 196 Å². The number of hydrogen-bond donors (Lipinski definition) is 0. The van der Waals surface area contributed by atoms with Gasteiger partial charge in [0.25, 0.3) is 0 Å². The van der Waals surface area contributed by atoms with E-state index < -0.39 is 5.41 Å². The highest BCUT2D eigenvalue weighted by Gasteiger charge is 2.52. The van der Waals surface area contributed by atoms with Crippen molar-refractivity contribution in [2.24, 2.45) is 0 Å². The van der Waals surface area contributed by atoms with Crippen LogP contribution in [0.4, 0.5) is 0 Å². The second-order valence-electron chi connectivity index (χ2n) is 7.98. The first-order valence-corrected chi connectivity index (χ1v) is 11.5. The van der Waals surface area contributed by atoms with Crippen LogP contribution in [-0.2, 0) is 5.41 Å². The maximum Gasteiger partial charge on any atom is 0.150 e. The Kier molecular flexibility index (Phi) is 4.02. The molecule has 0 saturated carbocycles. The first-order valence-electron chi connectivity index (χ1n) is 9.88. The summed E-state index contributed by atoms with van der Waals surface area (Å²) < 4.78 is 1.98. The van der Waals surface area contributed by atoms with Crippen LogP contribution in [0.5, 0.6) is 0 Å². The molecule has 0 N–H and O–H groups in total. The lowest BCUT2D eigenvalue weighted by Crippen LogP contribution is -2.26. The average Bonchev–Trinajstić information content (AvgIpc) is 3.23. The van der Waals surface area contributed by atoms with Gasteiger partial charge in [-0.05, 0) is 80.9 Å². The van der Waals surface area contributed by atoms with E-state index in [2.05, 4.69) is 68.3 Å². The minimum atomic E-state index is -0.596. The van der Waals surface area contributed by atoms with Gasteiger partial charge in [0.05, 0.1) is 5.41 Å². The van der Waals surface area contributed by atoms with Crippen molar-refractivity contribution in [3.8, 4) is 22.3 Å². The van der Waals surface area contributed by atoms with Gasteiger partial charge in [0, 0.05) is 20.1 Å². The maximum atomic E-state index is 11.7. The van der Waals surface area contributed by atoms with Crippen LogP contribution in [0.1, 0.15) is 43.0 Å². The Balaban J connectivity index is 1.87. The van der Waals surface area contributed by atoms with E-state index in [-0.39, 0.29) is 0 Å². The van der Waals surface area contributed by atoms with Crippen molar-refractivity contribution in [2.45, 2.75) is 5.41 Å². The summed E-state index contributed by atoms with van der Waals surface area (Å²) in [6, 6.07) is 24.5. The number of halogens is 2. The first-order chi connectivity index (χ1) is 15.1. The van der Waals surface area contributed by atoms with Crippen molar-refractivity contribution in [1.29, 1.82) is 0 Å². The third-order valence-corrected chi connectivity index (χ3v) is 7.51. The molecule has 0 radical (unpaired) electrons. The van der Waals surface area contributed by atoms with E-state index in [1.54, 1.807) is 0 Å². The van der Waals surface area contributed by atoms with Gasteiger partial charge in [-0.2, -0.15) is 0 Å². The molecule has 0 atom stereocenters. The number of hydrogen-bond acceptors (Lipinski definition) is 2. The molecular formula is C27H14Br2O2. The number of carbonyl (C=O) groups is 2. The second-order valence-corrected chi connectivity index (χ2v) is 9.81. The molecule has 0 fully saturated rings. The van der Waals surface area contributed by atoms with E-state index in [0.29, 0.717) is 11.1 Å². The minimum Gasteiger partial charge on any atom is -0.298 e. The van der Waals surface area contributed by atoms with Gasteiger partial charge in [0.15, 0.2) is 0 Å². The zero-order valence-corrected chi connectivity index (χ0v) is 19.3. The first kappa shape index (κ1) is 18.9. The summed E-state index contributed by atoms with van der Waals surface area (Å²) in [5, 5.41) is 0. The van der Waals surface area contributed by atoms with Crippen LogP contribution in [0.2, 0.25) is 0 Å². The van der Waals surface area contributed by atoms with Crippen LogP contribution in [0.3, 0.4) is 0 Å². The molecule has 4 heteroatoms. The Morgan fingerprint density at radius 2 is 0.871 bits per heavy atom. The Bertz CT molecular complexity index is 1340. The molecule has 0 heterocycles. The van der Waals surface area contributed by atoms with Gasteiger partial charge in [-0.1, -0.05) is 68.3 Å². The molecule has 0 unspecified atom stereocenters. The smallest absolute Gasteiger partial charge is 0.150 e. The topological polar surface area (TPSA) is 34.1 Å². The number of fused-ring (bicyclic) bond motifs is 10. The molecule has 31 heavy (non-hydrogen) atoms. The molecule has 148 valence electrons. The highest BCUT2D eigenvalue weighted by atomic mass is 79.9. The summed E-state index contributed by atoms with van der Waals surface area (Å²) in [5.41, 5.74) is 9.66. The van der Waals surface area contributed by atoms with Crippen molar-refractivity contribution >= 4 is 44.4 Å². The van der Waals surface area contributed by atoms with Crippen molar-refractivity contribution in [3.63, 3.8) is 0 Å². The van der Waals surface area contributed by atoms with E-state index in [9.17, 15) is 9.59 Å². The fourth-order valence-electron chi connectivity index (χ4n) is 5.35. The molecule has 4 aromatic rings. The summed E-state index contributed by atoms with van der Waals surface area (Å²) >= 11 is 7.34. The molecule has 0 aliphatic heterocycles. The lowest BCUT2D eigenvalue weighted by Gasteiger charge is -2.31. The predicted octanol–water partition coefficient (Wildman–Crippen LogP) is 7.18. The van der Waals surface area contributed by atoms with E-state index in [0.717, 1.165) is 66.0 Å². The molecular weight excluding hydrogens is 516 g/mol. The summed E-state index contributed by atoms with van der Waals surface area (Å²) in [7, 11) is 0. The summed E-state index contributed by atoms with van der Waals surface area (Å²) in [6.45, 7) is 0. The number of benzene rings is 4. The highest BCUT2D eigenvalue weighted by Crippen LogP contribution is 2.63. The van der Waals surface area contributed by atoms with Crippen molar-refractivity contribution in [1.82, 2.24) is 0 Å². The van der Waals surface area contributed by atoms with E-state index >= 15 is 0 Å². The van der Waals surface area contributed by atoms with Gasteiger partial charge in [0.1, 0.15) is 12.6 Å². The third kappa shape index (κ3) is 2.38. The van der Waals surface area contributed by atoms with Gasteiger partial charge in [-0.25, -0.2) is 0 Å². The van der Waals surface area contributed by atoms with Gasteiger partial charge >= 0.3 is 0 Å². The predicted molar refractivity (Wildman–Crippen MR) is 129 cm³/mol. The Morgan fingerprint density at radius 1 is 0.516 bits per heavy atom. The fourth-order valence-corrected chi connectivity index (χ4v) is 6.08. The maximum absolute atomic E-state index is 11.7. The van der Waals surface area contributed by atoms with Crippen molar-refractivity contribution in [3.05, 3.63) is 115 Å². The molecule has 4 aromatic carbocycles. The molecule has 6 rings (SSSR count). The zero-order valence-electron chi connectivity index (χ0n) is 16.2. The molecule has 2 nitrogen and oxygen atoms in total. The van der Waals surface area contributed by atoms with Crippen molar-refractivity contribution < 1.29 is 9.59 Å². The van der Waals surface area contributed by atoms with Gasteiger partial charge in [-0.15, -0.1) is 0 Å². The quantitative estimate of drug-likeness (QED) is 0.223. The van der Waals surface area contributed by atoms with Crippen LogP contribution < -0.4 is 0 Å². The molecule has 0 bridgehead atoms. The van der Waals surface area contributed by atoms with Gasteiger partial charge in [-0.3, -0.25) is 9.59 Å². The molecule has 0 saturated heterocycles. The minimum absolute atomic E-state index is 0.596.